The van der Waals surface area contributed by atoms with Gasteiger partial charge in [0.15, 0.2) is 0 Å². The van der Waals surface area contributed by atoms with Crippen LogP contribution >= 0.6 is 0 Å². The van der Waals surface area contributed by atoms with E-state index >= 15 is 0 Å². The quantitative estimate of drug-likeness (QED) is 0.177. The standard InChI is InChI=1S/C48H35N3/c1-5-15-34(16-6-1)35-25-27-39(28-26-35)49(36-17-7-2-8-18-36)40-29-30-42-44-32-31-43-41-23-13-14-24-45(41)50(37-19-9-3-10-20-37)47(43)48(44)51(46(42)33-40)38-21-11-4-12-22-38/h1-33,43,47H. The summed E-state index contributed by atoms with van der Waals surface area (Å²) in [5.41, 5.74) is 14.6. The molecule has 8 aromatic rings. The van der Waals surface area contributed by atoms with Crippen LogP contribution in [0.25, 0.3) is 33.8 Å². The Morgan fingerprint density at radius 2 is 1.04 bits per heavy atom. The molecule has 0 fully saturated rings. The van der Waals surface area contributed by atoms with E-state index in [9.17, 15) is 0 Å². The van der Waals surface area contributed by atoms with E-state index in [4.69, 9.17) is 0 Å². The third-order valence-electron chi connectivity index (χ3n) is 10.5. The van der Waals surface area contributed by atoms with Crippen LogP contribution in [0.3, 0.4) is 0 Å². The normalized spacial score (nSPS) is 15.7. The summed E-state index contributed by atoms with van der Waals surface area (Å²) in [5.74, 6) is 0.226. The van der Waals surface area contributed by atoms with Gasteiger partial charge in [-0.3, -0.25) is 0 Å². The topological polar surface area (TPSA) is 11.4 Å². The number of hydrogen-bond acceptors (Lipinski definition) is 2. The second kappa shape index (κ2) is 12.1. The SMILES string of the molecule is C1=CC2c3ccccc3N(c3ccccc3)C2c2c1c1ccc(N(c3ccccc3)c3ccc(-c4ccccc4)cc3)cc1n2-c1ccccc1. The molecule has 2 unspecified atom stereocenters. The zero-order valence-electron chi connectivity index (χ0n) is 28.0. The van der Waals surface area contributed by atoms with Crippen LogP contribution in [-0.4, -0.2) is 4.57 Å². The Bertz CT molecular complexity index is 2520. The van der Waals surface area contributed by atoms with E-state index in [0.717, 1.165) is 22.7 Å². The summed E-state index contributed by atoms with van der Waals surface area (Å²) in [6, 6.07) is 68.0. The molecular formula is C48H35N3. The van der Waals surface area contributed by atoms with E-state index in [0.29, 0.717) is 0 Å². The van der Waals surface area contributed by atoms with Crippen molar-refractivity contribution in [2.45, 2.75) is 12.0 Å². The minimum Gasteiger partial charge on any atom is -0.331 e. The average molecular weight is 654 g/mol. The third kappa shape index (κ3) is 4.81. The molecule has 0 N–H and O–H groups in total. The zero-order chi connectivity index (χ0) is 33.7. The predicted octanol–water partition coefficient (Wildman–Crippen LogP) is 12.8. The largest absolute Gasteiger partial charge is 0.331 e. The van der Waals surface area contributed by atoms with Gasteiger partial charge in [0.2, 0.25) is 0 Å². The van der Waals surface area contributed by atoms with Crippen molar-refractivity contribution in [2.75, 3.05) is 9.80 Å². The zero-order valence-corrected chi connectivity index (χ0v) is 28.0. The lowest BCUT2D eigenvalue weighted by Crippen LogP contribution is -2.26. The summed E-state index contributed by atoms with van der Waals surface area (Å²) >= 11 is 0. The Morgan fingerprint density at radius 3 is 1.76 bits per heavy atom. The van der Waals surface area contributed by atoms with E-state index in [1.807, 2.05) is 0 Å². The molecule has 0 spiro atoms. The highest BCUT2D eigenvalue weighted by atomic mass is 15.2. The number of aromatic nitrogens is 1. The van der Waals surface area contributed by atoms with Crippen LogP contribution in [-0.2, 0) is 0 Å². The summed E-state index contributed by atoms with van der Waals surface area (Å²) in [6.07, 6.45) is 4.81. The molecule has 0 radical (unpaired) electrons. The maximum absolute atomic E-state index is 2.56. The first kappa shape index (κ1) is 29.3. The van der Waals surface area contributed by atoms with Gasteiger partial charge in [-0.25, -0.2) is 0 Å². The van der Waals surface area contributed by atoms with E-state index in [1.165, 1.54) is 50.2 Å². The first-order valence-corrected chi connectivity index (χ1v) is 17.7. The summed E-state index contributed by atoms with van der Waals surface area (Å²) in [5, 5.41) is 1.25. The van der Waals surface area contributed by atoms with Crippen LogP contribution in [0, 0.1) is 0 Å². The predicted molar refractivity (Wildman–Crippen MR) is 213 cm³/mol. The number of para-hydroxylation sites is 4. The Hall–Kier alpha value is -6.58. The molecule has 1 aromatic heterocycles. The van der Waals surface area contributed by atoms with E-state index in [1.54, 1.807) is 0 Å². The lowest BCUT2D eigenvalue weighted by molar-refractivity contribution is 0.636. The van der Waals surface area contributed by atoms with Crippen molar-refractivity contribution in [3.8, 4) is 16.8 Å². The fourth-order valence-electron chi connectivity index (χ4n) is 8.30. The van der Waals surface area contributed by atoms with Crippen LogP contribution in [0.2, 0.25) is 0 Å². The third-order valence-corrected chi connectivity index (χ3v) is 10.5. The fourth-order valence-corrected chi connectivity index (χ4v) is 8.30. The number of anilines is 5. The highest BCUT2D eigenvalue weighted by Gasteiger charge is 2.44. The van der Waals surface area contributed by atoms with Crippen molar-refractivity contribution in [3.05, 3.63) is 211 Å². The van der Waals surface area contributed by atoms with Gasteiger partial charge in [-0.05, 0) is 83.4 Å². The minimum atomic E-state index is 0.0941. The van der Waals surface area contributed by atoms with Crippen LogP contribution in [0.5, 0.6) is 0 Å². The van der Waals surface area contributed by atoms with Gasteiger partial charge in [0.1, 0.15) is 0 Å². The lowest BCUT2D eigenvalue weighted by Gasteiger charge is -2.33. The second-order valence-electron chi connectivity index (χ2n) is 13.3. The lowest BCUT2D eigenvalue weighted by atomic mass is 9.86. The molecule has 3 heteroatoms. The highest BCUT2D eigenvalue weighted by molar-refractivity contribution is 5.98. The van der Waals surface area contributed by atoms with E-state index in [-0.39, 0.29) is 12.0 Å². The van der Waals surface area contributed by atoms with Crippen LogP contribution in [0.4, 0.5) is 28.4 Å². The molecule has 7 aromatic carbocycles. The fraction of sp³-hybridized carbons (Fsp3) is 0.0417. The highest BCUT2D eigenvalue weighted by Crippen LogP contribution is 2.57. The molecule has 10 rings (SSSR count). The van der Waals surface area contributed by atoms with Crippen molar-refractivity contribution in [1.29, 1.82) is 0 Å². The molecule has 2 heterocycles. The molecule has 51 heavy (non-hydrogen) atoms. The molecule has 2 aliphatic rings. The molecule has 0 saturated heterocycles. The van der Waals surface area contributed by atoms with Crippen molar-refractivity contribution in [2.24, 2.45) is 0 Å². The number of fused-ring (bicyclic) bond motifs is 7. The summed E-state index contributed by atoms with van der Waals surface area (Å²) in [6.45, 7) is 0. The first-order valence-electron chi connectivity index (χ1n) is 17.7. The summed E-state index contributed by atoms with van der Waals surface area (Å²) in [4.78, 5) is 4.93. The smallest absolute Gasteiger partial charge is 0.0856 e. The number of hydrogen-bond donors (Lipinski definition) is 0. The van der Waals surface area contributed by atoms with Crippen LogP contribution in [0.15, 0.2) is 194 Å². The molecule has 0 bridgehead atoms. The van der Waals surface area contributed by atoms with Crippen LogP contribution < -0.4 is 9.80 Å². The Kier molecular flexibility index (Phi) is 6.95. The van der Waals surface area contributed by atoms with Crippen molar-refractivity contribution >= 4 is 45.4 Å². The molecular weight excluding hydrogens is 619 g/mol. The molecule has 1 aliphatic heterocycles. The number of benzene rings is 7. The molecule has 1 aliphatic carbocycles. The van der Waals surface area contributed by atoms with Gasteiger partial charge in [-0.15, -0.1) is 0 Å². The molecule has 3 nitrogen and oxygen atoms in total. The van der Waals surface area contributed by atoms with Crippen molar-refractivity contribution in [3.63, 3.8) is 0 Å². The van der Waals surface area contributed by atoms with Gasteiger partial charge in [0.05, 0.1) is 17.3 Å². The van der Waals surface area contributed by atoms with Crippen molar-refractivity contribution in [1.82, 2.24) is 4.57 Å². The monoisotopic (exact) mass is 653 g/mol. The maximum atomic E-state index is 2.56. The van der Waals surface area contributed by atoms with Gasteiger partial charge in [-0.1, -0.05) is 133 Å². The van der Waals surface area contributed by atoms with Crippen molar-refractivity contribution < 1.29 is 0 Å². The van der Waals surface area contributed by atoms with Gasteiger partial charge >= 0.3 is 0 Å². The van der Waals surface area contributed by atoms with Gasteiger partial charge in [0.25, 0.3) is 0 Å². The molecule has 2 atom stereocenters. The van der Waals surface area contributed by atoms with Gasteiger partial charge < -0.3 is 14.4 Å². The van der Waals surface area contributed by atoms with Crippen LogP contribution in [0.1, 0.15) is 28.8 Å². The number of nitrogens with zero attached hydrogens (tertiary/aromatic N) is 3. The summed E-state index contributed by atoms with van der Waals surface area (Å²) < 4.78 is 2.53. The Morgan fingerprint density at radius 1 is 0.471 bits per heavy atom. The summed E-state index contributed by atoms with van der Waals surface area (Å²) in [7, 11) is 0. The molecule has 0 amide bonds. The average Bonchev–Trinajstić information content (AvgIpc) is 3.72. The Balaban J connectivity index is 1.19. The van der Waals surface area contributed by atoms with Gasteiger partial charge in [0, 0.05) is 51.0 Å². The number of rotatable bonds is 6. The first-order chi connectivity index (χ1) is 25.3. The van der Waals surface area contributed by atoms with Gasteiger partial charge in [-0.2, -0.15) is 0 Å². The molecule has 0 saturated carbocycles. The molecule has 242 valence electrons. The van der Waals surface area contributed by atoms with E-state index < -0.39 is 0 Å². The second-order valence-corrected chi connectivity index (χ2v) is 13.3. The maximum Gasteiger partial charge on any atom is 0.0856 e. The minimum absolute atomic E-state index is 0.0941. The van der Waals surface area contributed by atoms with E-state index in [2.05, 4.69) is 215 Å². The Labute approximate surface area is 298 Å².